The Morgan fingerprint density at radius 2 is 1.65 bits per heavy atom. The molecule has 108 valence electrons. The third-order valence-corrected chi connectivity index (χ3v) is 2.40. The zero-order valence-electron chi connectivity index (χ0n) is 11.0. The van der Waals surface area contributed by atoms with Gasteiger partial charge in [0.05, 0.1) is 35.6 Å². The topological polar surface area (TPSA) is 117 Å². The molecule has 0 spiro atoms. The highest BCUT2D eigenvalue weighted by Gasteiger charge is 2.20. The molecular formula is C11H14N3O6+. The van der Waals surface area contributed by atoms with Crippen LogP contribution in [0, 0.1) is 20.2 Å². The second-order valence-corrected chi connectivity index (χ2v) is 4.35. The molecule has 1 aromatic carbocycles. The van der Waals surface area contributed by atoms with Crippen molar-refractivity contribution < 1.29 is 24.3 Å². The normalized spacial score (nSPS) is 10.3. The Morgan fingerprint density at radius 1 is 1.15 bits per heavy atom. The average Bonchev–Trinajstić information content (AvgIpc) is 2.37. The average molecular weight is 284 g/mol. The fourth-order valence-electron chi connectivity index (χ4n) is 1.36. The lowest BCUT2D eigenvalue weighted by Crippen LogP contribution is -3.06. The number of benzene rings is 1. The number of non-ortho nitro benzene ring substituents is 2. The highest BCUT2D eigenvalue weighted by Crippen LogP contribution is 2.23. The van der Waals surface area contributed by atoms with E-state index >= 15 is 0 Å². The highest BCUT2D eigenvalue weighted by atomic mass is 16.6. The van der Waals surface area contributed by atoms with Crippen LogP contribution in [0.4, 0.5) is 11.4 Å². The number of esters is 1. The number of carbonyl (C=O) groups excluding carboxylic acids is 1. The summed E-state index contributed by atoms with van der Waals surface area (Å²) >= 11 is 0. The van der Waals surface area contributed by atoms with Crippen LogP contribution in [0.3, 0.4) is 0 Å². The minimum absolute atomic E-state index is 0.123. The molecule has 0 unspecified atom stereocenters. The largest absolute Gasteiger partial charge is 0.456 e. The number of nitro benzene ring substituents is 2. The van der Waals surface area contributed by atoms with E-state index in [0.717, 1.165) is 23.1 Å². The van der Waals surface area contributed by atoms with E-state index < -0.39 is 27.2 Å². The first-order valence-electron chi connectivity index (χ1n) is 5.71. The molecule has 0 saturated carbocycles. The summed E-state index contributed by atoms with van der Waals surface area (Å²) in [4.78, 5) is 32.5. The lowest BCUT2D eigenvalue weighted by atomic mass is 10.2. The number of nitrogens with zero attached hydrogens (tertiary/aromatic N) is 2. The molecule has 0 amide bonds. The van der Waals surface area contributed by atoms with Crippen molar-refractivity contribution >= 4 is 17.3 Å². The van der Waals surface area contributed by atoms with Gasteiger partial charge < -0.3 is 9.64 Å². The van der Waals surface area contributed by atoms with Crippen molar-refractivity contribution in [1.82, 2.24) is 0 Å². The molecule has 0 bridgehead atoms. The van der Waals surface area contributed by atoms with Gasteiger partial charge >= 0.3 is 5.97 Å². The first kappa shape index (κ1) is 15.5. The summed E-state index contributed by atoms with van der Waals surface area (Å²) in [5.41, 5.74) is -1.26. The van der Waals surface area contributed by atoms with Crippen LogP contribution < -0.4 is 4.90 Å². The molecular weight excluding hydrogens is 270 g/mol. The van der Waals surface area contributed by atoms with Crippen LogP contribution in [-0.2, 0) is 4.74 Å². The Morgan fingerprint density at radius 3 is 2.05 bits per heavy atom. The van der Waals surface area contributed by atoms with E-state index in [1.807, 2.05) is 14.1 Å². The summed E-state index contributed by atoms with van der Waals surface area (Å²) in [5, 5.41) is 21.4. The number of hydrogen-bond donors (Lipinski definition) is 1. The number of likely N-dealkylation sites (N-methyl/N-ethyl adjacent to an activating group) is 1. The molecule has 0 heterocycles. The molecule has 0 atom stereocenters. The monoisotopic (exact) mass is 284 g/mol. The molecule has 0 radical (unpaired) electrons. The zero-order valence-corrected chi connectivity index (χ0v) is 11.0. The maximum Gasteiger partial charge on any atom is 0.338 e. The Bertz CT molecular complexity index is 511. The Balaban J connectivity index is 2.95. The van der Waals surface area contributed by atoms with E-state index in [0.29, 0.717) is 6.54 Å². The van der Waals surface area contributed by atoms with Crippen molar-refractivity contribution in [3.8, 4) is 0 Å². The number of carbonyl (C=O) groups is 1. The van der Waals surface area contributed by atoms with E-state index in [1.54, 1.807) is 0 Å². The number of hydrogen-bond acceptors (Lipinski definition) is 6. The van der Waals surface area contributed by atoms with E-state index in [9.17, 15) is 25.0 Å². The molecule has 9 heteroatoms. The van der Waals surface area contributed by atoms with Crippen molar-refractivity contribution in [3.63, 3.8) is 0 Å². The van der Waals surface area contributed by atoms with Crippen LogP contribution >= 0.6 is 0 Å². The predicted octanol–water partition coefficient (Wildman–Crippen LogP) is -0.196. The van der Waals surface area contributed by atoms with E-state index in [1.165, 1.54) is 0 Å². The minimum Gasteiger partial charge on any atom is -0.456 e. The Labute approximate surface area is 114 Å². The molecule has 0 aliphatic rings. The van der Waals surface area contributed by atoms with Crippen molar-refractivity contribution in [2.45, 2.75) is 0 Å². The molecule has 0 aromatic heterocycles. The van der Waals surface area contributed by atoms with E-state index in [-0.39, 0.29) is 12.2 Å². The molecule has 1 aromatic rings. The summed E-state index contributed by atoms with van der Waals surface area (Å²) in [5.74, 6) is -0.821. The van der Waals surface area contributed by atoms with Crippen molar-refractivity contribution in [1.29, 1.82) is 0 Å². The fourth-order valence-corrected chi connectivity index (χ4v) is 1.36. The quantitative estimate of drug-likeness (QED) is 0.439. The fraction of sp³-hybridized carbons (Fsp3) is 0.364. The van der Waals surface area contributed by atoms with Gasteiger partial charge in [0.2, 0.25) is 0 Å². The summed E-state index contributed by atoms with van der Waals surface area (Å²) in [6, 6.07) is 2.70. The second kappa shape index (κ2) is 6.57. The summed E-state index contributed by atoms with van der Waals surface area (Å²) in [7, 11) is 3.73. The van der Waals surface area contributed by atoms with Crippen LogP contribution in [0.5, 0.6) is 0 Å². The van der Waals surface area contributed by atoms with Gasteiger partial charge in [0, 0.05) is 12.1 Å². The Kier molecular flexibility index (Phi) is 5.09. The van der Waals surface area contributed by atoms with Gasteiger partial charge in [0.1, 0.15) is 13.2 Å². The van der Waals surface area contributed by atoms with Crippen molar-refractivity contribution in [2.75, 3.05) is 27.2 Å². The van der Waals surface area contributed by atoms with Gasteiger partial charge in [-0.3, -0.25) is 20.2 Å². The second-order valence-electron chi connectivity index (χ2n) is 4.35. The number of nitro groups is 2. The van der Waals surface area contributed by atoms with Crippen molar-refractivity contribution in [2.24, 2.45) is 0 Å². The van der Waals surface area contributed by atoms with Crippen LogP contribution in [0.25, 0.3) is 0 Å². The van der Waals surface area contributed by atoms with Crippen LogP contribution in [-0.4, -0.2) is 43.1 Å². The van der Waals surface area contributed by atoms with Crippen molar-refractivity contribution in [3.05, 3.63) is 44.0 Å². The number of rotatable bonds is 6. The maximum atomic E-state index is 11.7. The highest BCUT2D eigenvalue weighted by molar-refractivity contribution is 5.91. The van der Waals surface area contributed by atoms with Gasteiger partial charge in [-0.05, 0) is 0 Å². The molecule has 0 fully saturated rings. The lowest BCUT2D eigenvalue weighted by molar-refractivity contribution is -0.858. The predicted molar refractivity (Wildman–Crippen MR) is 67.7 cm³/mol. The third-order valence-electron chi connectivity index (χ3n) is 2.40. The van der Waals surface area contributed by atoms with Gasteiger partial charge in [-0.25, -0.2) is 4.79 Å². The number of quaternary nitrogens is 1. The molecule has 20 heavy (non-hydrogen) atoms. The summed E-state index contributed by atoms with van der Waals surface area (Å²) in [6.07, 6.45) is 0. The molecule has 1 rings (SSSR count). The van der Waals surface area contributed by atoms with Crippen LogP contribution in [0.1, 0.15) is 10.4 Å². The molecule has 0 aliphatic carbocycles. The zero-order chi connectivity index (χ0) is 15.3. The Hall–Kier alpha value is -2.55. The van der Waals surface area contributed by atoms with Gasteiger partial charge in [-0.1, -0.05) is 0 Å². The van der Waals surface area contributed by atoms with Crippen LogP contribution in [0.2, 0.25) is 0 Å². The number of nitrogens with one attached hydrogen (secondary N) is 1. The molecule has 0 aliphatic heterocycles. The maximum absolute atomic E-state index is 11.7. The van der Waals surface area contributed by atoms with E-state index in [2.05, 4.69) is 0 Å². The van der Waals surface area contributed by atoms with E-state index in [4.69, 9.17) is 4.74 Å². The first-order valence-corrected chi connectivity index (χ1v) is 5.71. The molecule has 0 saturated heterocycles. The van der Waals surface area contributed by atoms with Gasteiger partial charge in [0.25, 0.3) is 11.4 Å². The number of ether oxygens (including phenoxy) is 1. The third kappa shape index (κ3) is 4.28. The summed E-state index contributed by atoms with van der Waals surface area (Å²) in [6.45, 7) is 0.681. The standard InChI is InChI=1S/C11H13N3O6/c1-12(2)3-4-20-11(15)8-5-9(13(16)17)7-10(6-8)14(18)19/h5-7H,3-4H2,1-2H3/p+1. The van der Waals surface area contributed by atoms with Gasteiger partial charge in [-0.15, -0.1) is 0 Å². The minimum atomic E-state index is -0.821. The molecule has 9 nitrogen and oxygen atoms in total. The van der Waals surface area contributed by atoms with Gasteiger partial charge in [-0.2, -0.15) is 0 Å². The summed E-state index contributed by atoms with van der Waals surface area (Å²) < 4.78 is 4.90. The molecule has 1 N–H and O–H groups in total. The smallest absolute Gasteiger partial charge is 0.338 e. The first-order chi connectivity index (χ1) is 9.31. The van der Waals surface area contributed by atoms with Crippen LogP contribution in [0.15, 0.2) is 18.2 Å². The SMILES string of the molecule is C[NH+](C)CCOC(=O)c1cc([N+](=O)[O-])cc([N+](=O)[O-])c1. The lowest BCUT2D eigenvalue weighted by Gasteiger charge is -2.08. The van der Waals surface area contributed by atoms with Gasteiger partial charge in [0.15, 0.2) is 0 Å².